The van der Waals surface area contributed by atoms with E-state index in [4.69, 9.17) is 9.84 Å². The molecule has 1 aromatic carbocycles. The number of carbonyl (C=O) groups excluding carboxylic acids is 1. The zero-order valence-electron chi connectivity index (χ0n) is 21.6. The Bertz CT molecular complexity index is 1360. The van der Waals surface area contributed by atoms with Crippen LogP contribution < -0.4 is 10.6 Å². The lowest BCUT2D eigenvalue weighted by Crippen LogP contribution is -2.42. The van der Waals surface area contributed by atoms with Crippen LogP contribution in [0.3, 0.4) is 0 Å². The van der Waals surface area contributed by atoms with Crippen LogP contribution in [0, 0.1) is 6.92 Å². The van der Waals surface area contributed by atoms with Crippen molar-refractivity contribution in [3.8, 4) is 16.9 Å². The van der Waals surface area contributed by atoms with Gasteiger partial charge in [0.05, 0.1) is 30.7 Å². The van der Waals surface area contributed by atoms with Crippen LogP contribution in [0.1, 0.15) is 17.0 Å². The maximum atomic E-state index is 13.4. The fraction of sp³-hybridized carbons (Fsp3) is 0.385. The number of aryl methyl sites for hydroxylation is 2. The van der Waals surface area contributed by atoms with E-state index in [1.54, 1.807) is 27.4 Å². The molecule has 0 unspecified atom stereocenters. The number of benzene rings is 1. The summed E-state index contributed by atoms with van der Waals surface area (Å²) >= 11 is 0. The Morgan fingerprint density at radius 2 is 1.84 bits per heavy atom. The number of methoxy groups -OCH3 is 1. The average molecular weight is 504 g/mol. The van der Waals surface area contributed by atoms with Crippen molar-refractivity contribution in [1.29, 1.82) is 0 Å². The molecule has 0 saturated carbocycles. The Labute approximate surface area is 216 Å². The number of para-hydroxylation sites is 1. The Hall–Kier alpha value is -3.96. The first kappa shape index (κ1) is 24.7. The molecule has 194 valence electrons. The number of hydrogen-bond donors (Lipinski definition) is 2. The predicted molar refractivity (Wildman–Crippen MR) is 141 cm³/mol. The van der Waals surface area contributed by atoms with Crippen molar-refractivity contribution in [3.05, 3.63) is 66.2 Å². The summed E-state index contributed by atoms with van der Waals surface area (Å²) in [6, 6.07) is 9.43. The number of amides is 2. The molecule has 2 amide bonds. The summed E-state index contributed by atoms with van der Waals surface area (Å²) in [6.07, 6.45) is 7.60. The Balaban J connectivity index is 1.40. The van der Waals surface area contributed by atoms with Gasteiger partial charge < -0.3 is 10.1 Å². The van der Waals surface area contributed by atoms with Crippen molar-refractivity contribution in [2.24, 2.45) is 14.1 Å². The number of anilines is 1. The Morgan fingerprint density at radius 3 is 2.51 bits per heavy atom. The van der Waals surface area contributed by atoms with E-state index in [9.17, 15) is 4.79 Å². The van der Waals surface area contributed by atoms with Crippen LogP contribution >= 0.6 is 0 Å². The van der Waals surface area contributed by atoms with E-state index in [2.05, 4.69) is 25.7 Å². The zero-order valence-corrected chi connectivity index (χ0v) is 21.6. The highest BCUT2D eigenvalue weighted by Gasteiger charge is 2.35. The first-order valence-corrected chi connectivity index (χ1v) is 12.3. The summed E-state index contributed by atoms with van der Waals surface area (Å²) in [4.78, 5) is 15.7. The average Bonchev–Trinajstić information content (AvgIpc) is 3.67. The third-order valence-electron chi connectivity index (χ3n) is 6.81. The van der Waals surface area contributed by atoms with Gasteiger partial charge in [0, 0.05) is 70.3 Å². The van der Waals surface area contributed by atoms with Crippen LogP contribution in [0.4, 0.5) is 10.6 Å². The molecule has 37 heavy (non-hydrogen) atoms. The molecule has 0 bridgehead atoms. The van der Waals surface area contributed by atoms with Gasteiger partial charge in [-0.3, -0.25) is 19.6 Å². The van der Waals surface area contributed by atoms with Crippen LogP contribution in [0.5, 0.6) is 0 Å². The first-order valence-electron chi connectivity index (χ1n) is 12.3. The lowest BCUT2D eigenvalue weighted by molar-refractivity contribution is 0.159. The van der Waals surface area contributed by atoms with Crippen LogP contribution in [-0.2, 0) is 18.8 Å². The normalized spacial score (nSPS) is 17.8. The van der Waals surface area contributed by atoms with E-state index in [-0.39, 0.29) is 18.0 Å². The van der Waals surface area contributed by atoms with Gasteiger partial charge in [0.15, 0.2) is 0 Å². The summed E-state index contributed by atoms with van der Waals surface area (Å²) in [5.41, 5.74) is 4.49. The molecule has 4 heterocycles. The molecule has 11 heteroatoms. The minimum atomic E-state index is -0.273. The highest BCUT2D eigenvalue weighted by atomic mass is 16.5. The lowest BCUT2D eigenvalue weighted by Gasteiger charge is -2.20. The molecule has 4 aromatic rings. The summed E-state index contributed by atoms with van der Waals surface area (Å²) in [6.45, 7) is 4.97. The second-order valence-electron chi connectivity index (χ2n) is 9.48. The number of likely N-dealkylation sites (tertiary alicyclic amines) is 1. The number of ether oxygens (including phenoxy) is 1. The Kier molecular flexibility index (Phi) is 7.06. The number of urea groups is 1. The molecular weight excluding hydrogens is 470 g/mol. The molecule has 2 N–H and O–H groups in total. The maximum Gasteiger partial charge on any atom is 0.320 e. The monoisotopic (exact) mass is 503 g/mol. The molecule has 5 rings (SSSR count). The van der Waals surface area contributed by atoms with Gasteiger partial charge in [-0.2, -0.15) is 15.3 Å². The highest BCUT2D eigenvalue weighted by molar-refractivity contribution is 5.91. The summed E-state index contributed by atoms with van der Waals surface area (Å²) in [5, 5.41) is 19.8. The quantitative estimate of drug-likeness (QED) is 0.383. The fourth-order valence-electron chi connectivity index (χ4n) is 4.93. The SMILES string of the molecule is COCCN1C[C@H](NC(=O)Nc2c(C)c(-c3cnn(C)c3)nn2-c2ccccc2)[C@@H](c2cnn(C)c2)C1. The number of aromatic nitrogens is 6. The van der Waals surface area contributed by atoms with Gasteiger partial charge >= 0.3 is 6.03 Å². The maximum absolute atomic E-state index is 13.4. The van der Waals surface area contributed by atoms with Crippen molar-refractivity contribution >= 4 is 11.8 Å². The number of nitrogens with one attached hydrogen (secondary N) is 2. The molecule has 1 fully saturated rings. The third kappa shape index (κ3) is 5.27. The van der Waals surface area contributed by atoms with E-state index >= 15 is 0 Å². The molecule has 1 saturated heterocycles. The number of rotatable bonds is 8. The van der Waals surface area contributed by atoms with Gasteiger partial charge in [-0.15, -0.1) is 0 Å². The van der Waals surface area contributed by atoms with E-state index < -0.39 is 0 Å². The molecule has 0 aliphatic carbocycles. The van der Waals surface area contributed by atoms with E-state index in [0.29, 0.717) is 12.4 Å². The van der Waals surface area contributed by atoms with Crippen molar-refractivity contribution in [2.75, 3.05) is 38.7 Å². The fourth-order valence-corrected chi connectivity index (χ4v) is 4.93. The topological polar surface area (TPSA) is 107 Å². The van der Waals surface area contributed by atoms with Crippen LogP contribution in [-0.4, -0.2) is 79.7 Å². The third-order valence-corrected chi connectivity index (χ3v) is 6.81. The summed E-state index contributed by atoms with van der Waals surface area (Å²) in [7, 11) is 5.48. The molecular formula is C26H33N9O2. The molecule has 0 radical (unpaired) electrons. The van der Waals surface area contributed by atoms with Gasteiger partial charge in [-0.05, 0) is 24.6 Å². The largest absolute Gasteiger partial charge is 0.383 e. The minimum Gasteiger partial charge on any atom is -0.383 e. The van der Waals surface area contributed by atoms with Gasteiger partial charge in [0.2, 0.25) is 0 Å². The molecule has 3 aromatic heterocycles. The second-order valence-corrected chi connectivity index (χ2v) is 9.48. The van der Waals surface area contributed by atoms with Crippen molar-refractivity contribution in [2.45, 2.75) is 18.9 Å². The van der Waals surface area contributed by atoms with Gasteiger partial charge in [0.1, 0.15) is 11.5 Å². The number of carbonyl (C=O) groups is 1. The van der Waals surface area contributed by atoms with E-state index in [0.717, 1.165) is 47.7 Å². The van der Waals surface area contributed by atoms with Gasteiger partial charge in [-0.1, -0.05) is 18.2 Å². The zero-order chi connectivity index (χ0) is 25.9. The standard InChI is InChI=1S/C26H33N9O2/c1-18-24(20-13-28-33(3)15-20)31-35(21-8-6-5-7-9-21)25(18)30-26(36)29-23-17-34(10-11-37-4)16-22(23)19-12-27-32(2)14-19/h5-9,12-15,22-23H,10-11,16-17H2,1-4H3,(H2,29,30,36)/t22-,23+/m1/s1. The molecule has 11 nitrogen and oxygen atoms in total. The van der Waals surface area contributed by atoms with E-state index in [1.165, 1.54) is 0 Å². The van der Waals surface area contributed by atoms with Crippen LogP contribution in [0.25, 0.3) is 16.9 Å². The van der Waals surface area contributed by atoms with E-state index in [1.807, 2.05) is 69.9 Å². The van der Waals surface area contributed by atoms with Gasteiger partial charge in [-0.25, -0.2) is 9.48 Å². The highest BCUT2D eigenvalue weighted by Crippen LogP contribution is 2.31. The Morgan fingerprint density at radius 1 is 1.08 bits per heavy atom. The number of hydrogen-bond acceptors (Lipinski definition) is 6. The van der Waals surface area contributed by atoms with Crippen molar-refractivity contribution in [3.63, 3.8) is 0 Å². The predicted octanol–water partition coefficient (Wildman–Crippen LogP) is 2.55. The molecule has 0 spiro atoms. The second kappa shape index (κ2) is 10.6. The molecule has 1 aliphatic rings. The summed E-state index contributed by atoms with van der Waals surface area (Å²) < 4.78 is 10.6. The van der Waals surface area contributed by atoms with Crippen LogP contribution in [0.15, 0.2) is 55.1 Å². The first-order chi connectivity index (χ1) is 17.9. The van der Waals surface area contributed by atoms with Crippen molar-refractivity contribution < 1.29 is 9.53 Å². The van der Waals surface area contributed by atoms with Gasteiger partial charge in [0.25, 0.3) is 0 Å². The lowest BCUT2D eigenvalue weighted by atomic mass is 9.97. The smallest absolute Gasteiger partial charge is 0.320 e. The summed E-state index contributed by atoms with van der Waals surface area (Å²) in [5.74, 6) is 0.747. The number of nitrogens with zero attached hydrogens (tertiary/aromatic N) is 7. The molecule has 1 aliphatic heterocycles. The van der Waals surface area contributed by atoms with Crippen LogP contribution in [0.2, 0.25) is 0 Å². The van der Waals surface area contributed by atoms with Crippen molar-refractivity contribution in [1.82, 2.24) is 39.6 Å². The minimum absolute atomic E-state index is 0.0766. The molecule has 2 atom stereocenters.